The maximum absolute atomic E-state index is 16.0. The highest BCUT2D eigenvalue weighted by atomic mass is 19.1. The lowest BCUT2D eigenvalue weighted by atomic mass is 10.0. The molecule has 0 aliphatic rings. The number of carbonyl (C=O) groups excluding carboxylic acids is 1. The Morgan fingerprint density at radius 2 is 1.07 bits per heavy atom. The summed E-state index contributed by atoms with van der Waals surface area (Å²) in [5.74, 6) is 0.609. The molecule has 0 spiro atoms. The molecule has 0 radical (unpaired) electrons. The standard InChI is InChI=1S/C54H64F2N6O6/c1-54(2,3)68-53(63)58-28-31-62(5)36-38-17-21-42(22-18-38)60-48-26-24-46(50(56)52(48)66-8)40-12-10-14-44(34-40)67-32-29-57-27-30-61(4)35-37-15-19-41(20-16-37)59-47-25-23-45(49(55)51(47)65-7)39-11-9-13-43(33-39)64-6/h9-26,33-34,57,59-60H,27-32,35-36H2,1-8H3,(H,58,63). The fourth-order valence-electron chi connectivity index (χ4n) is 7.48. The summed E-state index contributed by atoms with van der Waals surface area (Å²) in [4.78, 5) is 16.3. The number of nitrogens with one attached hydrogen (secondary N) is 4. The normalized spacial score (nSPS) is 11.4. The number of likely N-dealkylation sites (N-methyl/N-ethyl adjacent to an activating group) is 2. The molecule has 360 valence electrons. The third kappa shape index (κ3) is 14.6. The zero-order valence-corrected chi connectivity index (χ0v) is 40.3. The van der Waals surface area contributed by atoms with Crippen LogP contribution in [0.15, 0.2) is 121 Å². The molecule has 6 aromatic rings. The van der Waals surface area contributed by atoms with Gasteiger partial charge in [0.2, 0.25) is 0 Å². The van der Waals surface area contributed by atoms with Crippen LogP contribution >= 0.6 is 0 Å². The number of ether oxygens (including phenoxy) is 5. The summed E-state index contributed by atoms with van der Waals surface area (Å²) < 4.78 is 59.3. The molecule has 6 aromatic carbocycles. The van der Waals surface area contributed by atoms with Crippen LogP contribution in [0.2, 0.25) is 0 Å². The van der Waals surface area contributed by atoms with Crippen LogP contribution in [0.5, 0.6) is 23.0 Å². The average molecular weight is 931 g/mol. The maximum Gasteiger partial charge on any atom is 0.407 e. The van der Waals surface area contributed by atoms with Crippen molar-refractivity contribution in [2.75, 3.05) is 85.4 Å². The summed E-state index contributed by atoms with van der Waals surface area (Å²) in [5, 5.41) is 12.8. The number of hydrogen-bond donors (Lipinski definition) is 4. The van der Waals surface area contributed by atoms with E-state index in [1.165, 1.54) is 14.2 Å². The zero-order chi connectivity index (χ0) is 48.6. The van der Waals surface area contributed by atoms with Crippen molar-refractivity contribution >= 4 is 28.8 Å². The summed E-state index contributed by atoms with van der Waals surface area (Å²) in [6.45, 7) is 10.7. The number of hydrogen-bond acceptors (Lipinski definition) is 11. The molecule has 4 N–H and O–H groups in total. The van der Waals surface area contributed by atoms with E-state index in [4.69, 9.17) is 23.7 Å². The van der Waals surface area contributed by atoms with Crippen LogP contribution in [-0.4, -0.2) is 96.2 Å². The molecule has 0 saturated heterocycles. The Balaban J connectivity index is 0.919. The molecule has 0 unspecified atom stereocenters. The smallest absolute Gasteiger partial charge is 0.407 e. The average Bonchev–Trinajstić information content (AvgIpc) is 3.31. The molecule has 0 aromatic heterocycles. The molecule has 68 heavy (non-hydrogen) atoms. The number of halogens is 2. The van der Waals surface area contributed by atoms with Gasteiger partial charge in [0, 0.05) is 68.3 Å². The molecule has 12 nitrogen and oxygen atoms in total. The Labute approximate surface area is 399 Å². The van der Waals surface area contributed by atoms with E-state index in [2.05, 4.69) is 50.2 Å². The van der Waals surface area contributed by atoms with Gasteiger partial charge in [0.25, 0.3) is 0 Å². The highest BCUT2D eigenvalue weighted by Crippen LogP contribution is 2.39. The lowest BCUT2D eigenvalue weighted by Crippen LogP contribution is -2.36. The van der Waals surface area contributed by atoms with Crippen molar-refractivity contribution in [2.24, 2.45) is 0 Å². The van der Waals surface area contributed by atoms with Gasteiger partial charge in [-0.25, -0.2) is 13.6 Å². The quantitative estimate of drug-likeness (QED) is 0.0460. The van der Waals surface area contributed by atoms with Gasteiger partial charge in [-0.2, -0.15) is 0 Å². The second-order valence-corrected chi connectivity index (χ2v) is 17.4. The van der Waals surface area contributed by atoms with Gasteiger partial charge in [0.15, 0.2) is 23.1 Å². The summed E-state index contributed by atoms with van der Waals surface area (Å²) in [6.07, 6.45) is -0.430. The fraction of sp³-hybridized carbons (Fsp3) is 0.315. The minimum Gasteiger partial charge on any atom is -0.497 e. The minimum absolute atomic E-state index is 0.112. The van der Waals surface area contributed by atoms with E-state index in [-0.39, 0.29) is 11.5 Å². The number of amides is 1. The first-order valence-electron chi connectivity index (χ1n) is 22.6. The first kappa shape index (κ1) is 50.5. The van der Waals surface area contributed by atoms with Crippen molar-refractivity contribution < 1.29 is 37.3 Å². The van der Waals surface area contributed by atoms with Crippen LogP contribution in [0.3, 0.4) is 0 Å². The van der Waals surface area contributed by atoms with E-state index < -0.39 is 23.3 Å². The lowest BCUT2D eigenvalue weighted by molar-refractivity contribution is 0.0523. The van der Waals surface area contributed by atoms with E-state index in [9.17, 15) is 4.79 Å². The largest absolute Gasteiger partial charge is 0.497 e. The Morgan fingerprint density at radius 1 is 0.588 bits per heavy atom. The van der Waals surface area contributed by atoms with Crippen molar-refractivity contribution in [1.29, 1.82) is 0 Å². The van der Waals surface area contributed by atoms with Crippen LogP contribution < -0.4 is 40.2 Å². The number of alkyl carbamates (subject to hydrolysis) is 1. The summed E-state index contributed by atoms with van der Waals surface area (Å²) in [5.41, 5.74) is 6.53. The lowest BCUT2D eigenvalue weighted by Gasteiger charge is -2.21. The second kappa shape index (κ2) is 24.2. The predicted molar refractivity (Wildman–Crippen MR) is 268 cm³/mol. The van der Waals surface area contributed by atoms with Crippen LogP contribution in [0.1, 0.15) is 31.9 Å². The van der Waals surface area contributed by atoms with E-state index in [1.807, 2.05) is 119 Å². The Bertz CT molecular complexity index is 2570. The van der Waals surface area contributed by atoms with Crippen LogP contribution in [0, 0.1) is 11.6 Å². The topological polar surface area (TPSA) is 118 Å². The SMILES string of the molecule is COc1cccc(-c2ccc(Nc3ccc(CN(C)CCNCCOc4cccc(-c5ccc(Nc6ccc(CN(C)CCNC(=O)OC(C)(C)C)cc6)c(OC)c5F)c4)cc3)c(OC)c2F)c1. The van der Waals surface area contributed by atoms with Crippen molar-refractivity contribution in [3.63, 3.8) is 0 Å². The van der Waals surface area contributed by atoms with Crippen LogP contribution in [0.4, 0.5) is 36.3 Å². The second-order valence-electron chi connectivity index (χ2n) is 17.4. The molecular weight excluding hydrogens is 867 g/mol. The molecule has 0 fully saturated rings. The third-order valence-electron chi connectivity index (χ3n) is 10.9. The van der Waals surface area contributed by atoms with Gasteiger partial charge in [0.1, 0.15) is 23.7 Å². The molecule has 6 rings (SSSR count). The van der Waals surface area contributed by atoms with E-state index >= 15 is 8.78 Å². The maximum atomic E-state index is 16.0. The highest BCUT2D eigenvalue weighted by molar-refractivity contribution is 5.77. The number of carbonyl (C=O) groups is 1. The predicted octanol–water partition coefficient (Wildman–Crippen LogP) is 10.9. The Kier molecular flexibility index (Phi) is 18.0. The molecule has 0 atom stereocenters. The van der Waals surface area contributed by atoms with E-state index in [0.717, 1.165) is 42.1 Å². The molecular formula is C54H64F2N6O6. The van der Waals surface area contributed by atoms with E-state index in [0.29, 0.717) is 77.9 Å². The first-order chi connectivity index (χ1) is 32.7. The fourth-order valence-corrected chi connectivity index (χ4v) is 7.48. The van der Waals surface area contributed by atoms with Crippen molar-refractivity contribution in [3.05, 3.63) is 144 Å². The highest BCUT2D eigenvalue weighted by Gasteiger charge is 2.19. The van der Waals surface area contributed by atoms with Crippen LogP contribution in [0.25, 0.3) is 22.3 Å². The molecule has 0 heterocycles. The van der Waals surface area contributed by atoms with Crippen molar-refractivity contribution in [1.82, 2.24) is 20.4 Å². The van der Waals surface area contributed by atoms with Gasteiger partial charge in [-0.15, -0.1) is 0 Å². The summed E-state index contributed by atoms with van der Waals surface area (Å²) in [7, 11) is 8.56. The number of anilines is 4. The molecule has 0 bridgehead atoms. The number of benzene rings is 6. The first-order valence-corrected chi connectivity index (χ1v) is 22.6. The minimum atomic E-state index is -0.538. The third-order valence-corrected chi connectivity index (χ3v) is 10.9. The Hall–Kier alpha value is -6.87. The summed E-state index contributed by atoms with van der Waals surface area (Å²) in [6, 6.07) is 37.7. The van der Waals surface area contributed by atoms with Gasteiger partial charge < -0.3 is 54.8 Å². The summed E-state index contributed by atoms with van der Waals surface area (Å²) >= 11 is 0. The monoisotopic (exact) mass is 930 g/mol. The molecule has 0 saturated carbocycles. The van der Waals surface area contributed by atoms with Gasteiger partial charge in [-0.3, -0.25) is 0 Å². The van der Waals surface area contributed by atoms with Gasteiger partial charge in [0.05, 0.1) is 32.7 Å². The van der Waals surface area contributed by atoms with Crippen molar-refractivity contribution in [3.8, 4) is 45.3 Å². The van der Waals surface area contributed by atoms with Crippen molar-refractivity contribution in [2.45, 2.75) is 39.5 Å². The van der Waals surface area contributed by atoms with Gasteiger partial charge in [-0.1, -0.05) is 48.5 Å². The number of nitrogens with zero attached hydrogens (tertiary/aromatic N) is 2. The molecule has 0 aliphatic heterocycles. The molecule has 1 amide bonds. The zero-order valence-electron chi connectivity index (χ0n) is 40.3. The number of rotatable bonds is 23. The molecule has 14 heteroatoms. The van der Waals surface area contributed by atoms with Crippen LogP contribution in [-0.2, 0) is 17.8 Å². The number of methoxy groups -OCH3 is 3. The molecule has 0 aliphatic carbocycles. The van der Waals surface area contributed by atoms with Gasteiger partial charge >= 0.3 is 6.09 Å². The Morgan fingerprint density at radius 3 is 1.56 bits per heavy atom. The van der Waals surface area contributed by atoms with Gasteiger partial charge in [-0.05, 0) is 130 Å². The van der Waals surface area contributed by atoms with E-state index in [1.54, 1.807) is 25.3 Å².